The van der Waals surface area contributed by atoms with Gasteiger partial charge >= 0.3 is 12.2 Å². The van der Waals surface area contributed by atoms with E-state index in [0.29, 0.717) is 44.2 Å². The zero-order valence-electron chi connectivity index (χ0n) is 32.5. The van der Waals surface area contributed by atoms with Gasteiger partial charge in [0, 0.05) is 93.3 Å². The summed E-state index contributed by atoms with van der Waals surface area (Å²) in [5.41, 5.74) is 5.37. The van der Waals surface area contributed by atoms with Crippen LogP contribution in [-0.4, -0.2) is 135 Å². The number of nitrogens with one attached hydrogen (secondary N) is 4. The van der Waals surface area contributed by atoms with Gasteiger partial charge in [-0.05, 0) is 37.8 Å². The molecule has 0 radical (unpaired) electrons. The Morgan fingerprint density at radius 2 is 1.33 bits per heavy atom. The Morgan fingerprint density at radius 3 is 1.84 bits per heavy atom. The molecule has 5 aromatic rings. The Morgan fingerprint density at radius 1 is 0.807 bits per heavy atom. The van der Waals surface area contributed by atoms with Crippen molar-refractivity contribution in [3.63, 3.8) is 0 Å². The zero-order valence-corrected chi connectivity index (χ0v) is 32.5. The number of ether oxygens (including phenoxy) is 3. The first-order chi connectivity index (χ1) is 27.6. The first kappa shape index (κ1) is 39.3. The van der Waals surface area contributed by atoms with Crippen molar-refractivity contribution in [1.82, 2.24) is 44.9 Å². The Labute approximate surface area is 329 Å². The number of hydrogen-bond acceptors (Lipinski definition) is 9. The van der Waals surface area contributed by atoms with Crippen LogP contribution in [0, 0.1) is 0 Å². The minimum absolute atomic E-state index is 0.202. The number of fused-ring (bicyclic) bond motifs is 3. The molecular weight excluding hydrogens is 734 g/mol. The highest BCUT2D eigenvalue weighted by Gasteiger charge is 2.39. The predicted octanol–water partition coefficient (Wildman–Crippen LogP) is 5.20. The van der Waals surface area contributed by atoms with E-state index in [2.05, 4.69) is 49.5 Å². The van der Waals surface area contributed by atoms with Gasteiger partial charge in [-0.15, -0.1) is 0 Å². The number of hydrogen-bond donors (Lipinski definition) is 5. The minimum Gasteiger partial charge on any atom is -0.465 e. The molecule has 7 rings (SSSR count). The van der Waals surface area contributed by atoms with Gasteiger partial charge in [-0.25, -0.2) is 19.6 Å². The molecule has 2 fully saturated rings. The molecule has 0 unspecified atom stereocenters. The lowest BCUT2D eigenvalue weighted by atomic mass is 10.1. The average molecular weight is 784 g/mol. The molecule has 5 N–H and O–H groups in total. The summed E-state index contributed by atoms with van der Waals surface area (Å²) in [4.78, 5) is 75.5. The summed E-state index contributed by atoms with van der Waals surface area (Å²) < 4.78 is 15.1. The maximum absolute atomic E-state index is 13.7. The number of benzene rings is 2. The van der Waals surface area contributed by atoms with Gasteiger partial charge in [0.2, 0.25) is 11.8 Å². The van der Waals surface area contributed by atoms with Crippen LogP contribution in [0.3, 0.4) is 0 Å². The summed E-state index contributed by atoms with van der Waals surface area (Å²) in [5.74, 6) is 0.888. The number of H-pyrrole nitrogens is 3. The van der Waals surface area contributed by atoms with Crippen LogP contribution >= 0.6 is 0 Å². The lowest BCUT2D eigenvalue weighted by molar-refractivity contribution is -0.137. The van der Waals surface area contributed by atoms with Crippen molar-refractivity contribution in [2.75, 3.05) is 54.7 Å². The third-order valence-electron chi connectivity index (χ3n) is 11.2. The normalized spacial score (nSPS) is 18.0. The summed E-state index contributed by atoms with van der Waals surface area (Å²) in [6, 6.07) is 10.2. The molecule has 0 spiro atoms. The second-order valence-corrected chi connectivity index (χ2v) is 14.6. The van der Waals surface area contributed by atoms with E-state index >= 15 is 0 Å². The van der Waals surface area contributed by atoms with E-state index in [-0.39, 0.29) is 36.9 Å². The van der Waals surface area contributed by atoms with Gasteiger partial charge in [0.1, 0.15) is 23.7 Å². The number of amides is 4. The smallest absolute Gasteiger partial charge is 0.407 e. The second kappa shape index (κ2) is 17.1. The topological polar surface area (TPSA) is 211 Å². The maximum Gasteiger partial charge on any atom is 0.407 e. The van der Waals surface area contributed by atoms with E-state index in [1.165, 1.54) is 21.3 Å². The van der Waals surface area contributed by atoms with Crippen LogP contribution in [0.1, 0.15) is 62.3 Å². The second-order valence-electron chi connectivity index (χ2n) is 14.6. The van der Waals surface area contributed by atoms with Gasteiger partial charge in [0.25, 0.3) is 0 Å². The molecule has 3 aromatic heterocycles. The molecule has 0 aliphatic carbocycles. The number of carboxylic acid groups (broad SMARTS) is 1. The summed E-state index contributed by atoms with van der Waals surface area (Å²) in [6.07, 6.45) is 5.36. The highest BCUT2D eigenvalue weighted by Crippen LogP contribution is 2.36. The number of carbonyl (C=O) groups is 4. The number of likely N-dealkylation sites (N-methyl/N-ethyl adjacent to an activating group) is 1. The summed E-state index contributed by atoms with van der Waals surface area (Å²) in [7, 11) is 5.76. The van der Waals surface area contributed by atoms with E-state index < -0.39 is 24.3 Å². The number of imidazole rings is 2. The van der Waals surface area contributed by atoms with Gasteiger partial charge in [-0.1, -0.05) is 24.3 Å². The van der Waals surface area contributed by atoms with Crippen LogP contribution in [0.25, 0.3) is 44.3 Å². The average Bonchev–Trinajstić information content (AvgIpc) is 4.07. The van der Waals surface area contributed by atoms with Crippen LogP contribution in [0.15, 0.2) is 48.8 Å². The molecule has 2 aliphatic rings. The number of rotatable bonds is 14. The van der Waals surface area contributed by atoms with Crippen molar-refractivity contribution in [2.45, 2.75) is 62.7 Å². The summed E-state index contributed by atoms with van der Waals surface area (Å²) in [5, 5.41) is 14.4. The number of aromatic amines is 3. The molecule has 2 aliphatic heterocycles. The Kier molecular flexibility index (Phi) is 11.8. The Bertz CT molecular complexity index is 2250. The van der Waals surface area contributed by atoms with Crippen molar-refractivity contribution < 1.29 is 38.5 Å². The molecule has 0 saturated carbocycles. The zero-order chi connectivity index (χ0) is 40.2. The summed E-state index contributed by atoms with van der Waals surface area (Å²) in [6.45, 7) is 1.64. The molecule has 0 bridgehead atoms. The van der Waals surface area contributed by atoms with E-state index in [0.717, 1.165) is 68.5 Å². The largest absolute Gasteiger partial charge is 0.465 e. The van der Waals surface area contributed by atoms with Gasteiger partial charge in [0.05, 0.1) is 43.0 Å². The Balaban J connectivity index is 1.08. The molecule has 2 saturated heterocycles. The fourth-order valence-electron chi connectivity index (χ4n) is 8.11. The lowest BCUT2D eigenvalue weighted by Crippen LogP contribution is -2.49. The molecule has 4 amide bonds. The van der Waals surface area contributed by atoms with E-state index in [4.69, 9.17) is 19.2 Å². The number of methoxy groups -OCH3 is 3. The van der Waals surface area contributed by atoms with Crippen LogP contribution in [0.4, 0.5) is 9.59 Å². The highest BCUT2D eigenvalue weighted by atomic mass is 16.5. The van der Waals surface area contributed by atoms with Gasteiger partial charge in [-0.2, -0.15) is 0 Å². The Hall–Kier alpha value is -5.94. The standard InChI is InChI=1S/C40H49N9O8/c1-47(40(53)54)34(14-18-56-3)38(51)49-16-6-8-33(49)36-42-22-31(45-36)24-10-12-26-25-11-9-23(19-28(25)43-29(26)20-24)30-21-41-35(44-30)32-7-5-15-48(32)37(50)27(13-17-55-2)46-39(52)57-4/h9-12,19-22,27,32-34,43H,5-8,13-18H2,1-4H3,(H,41,44)(H,42,45)(H,46,52)(H,53,54)/t27-,32-,33-,34-/m0/s1. The van der Waals surface area contributed by atoms with Crippen molar-refractivity contribution >= 4 is 45.8 Å². The molecule has 17 nitrogen and oxygen atoms in total. The van der Waals surface area contributed by atoms with E-state index in [1.807, 2.05) is 12.1 Å². The fourth-order valence-corrected chi connectivity index (χ4v) is 8.11. The molecule has 2 aromatic carbocycles. The number of nitrogens with zero attached hydrogens (tertiary/aromatic N) is 5. The first-order valence-electron chi connectivity index (χ1n) is 19.2. The maximum atomic E-state index is 13.7. The van der Waals surface area contributed by atoms with Gasteiger partial charge in [-0.3, -0.25) is 14.5 Å². The molecule has 4 atom stereocenters. The van der Waals surface area contributed by atoms with Crippen LogP contribution in [-0.2, 0) is 23.8 Å². The van der Waals surface area contributed by atoms with Gasteiger partial charge < -0.3 is 49.4 Å². The molecule has 5 heterocycles. The fraction of sp³-hybridized carbons (Fsp3) is 0.450. The molecular formula is C40H49N9O8. The number of aromatic nitrogens is 5. The minimum atomic E-state index is -1.17. The van der Waals surface area contributed by atoms with Crippen molar-refractivity contribution in [1.29, 1.82) is 0 Å². The van der Waals surface area contributed by atoms with Crippen LogP contribution < -0.4 is 5.32 Å². The van der Waals surface area contributed by atoms with Crippen LogP contribution in [0.2, 0.25) is 0 Å². The van der Waals surface area contributed by atoms with Crippen molar-refractivity contribution in [3.8, 4) is 22.5 Å². The SMILES string of the molecule is COCC[C@H](NC(=O)OC)C(=O)N1CCC[C@H]1c1ncc(-c2ccc3c(c2)[nH]c2cc(-c4cnc([C@@H]5CCCN5C(=O)[C@H](CCOC)N(C)C(=O)O)[nH]4)ccc23)[nH]1. The highest BCUT2D eigenvalue weighted by molar-refractivity contribution is 6.09. The predicted molar refractivity (Wildman–Crippen MR) is 210 cm³/mol. The number of likely N-dealkylation sites (tertiary alicyclic amines) is 2. The lowest BCUT2D eigenvalue weighted by Gasteiger charge is -2.31. The summed E-state index contributed by atoms with van der Waals surface area (Å²) >= 11 is 0. The number of carbonyl (C=O) groups excluding carboxylic acids is 3. The van der Waals surface area contributed by atoms with Crippen LogP contribution in [0.5, 0.6) is 0 Å². The molecule has 57 heavy (non-hydrogen) atoms. The first-order valence-corrected chi connectivity index (χ1v) is 19.2. The van der Waals surface area contributed by atoms with E-state index in [1.54, 1.807) is 29.3 Å². The third-order valence-corrected chi connectivity index (χ3v) is 11.2. The third kappa shape index (κ3) is 8.02. The van der Waals surface area contributed by atoms with Crippen molar-refractivity contribution in [2.24, 2.45) is 0 Å². The van der Waals surface area contributed by atoms with E-state index in [9.17, 15) is 24.3 Å². The monoisotopic (exact) mass is 783 g/mol. The quantitative estimate of drug-likeness (QED) is 0.0993. The molecule has 302 valence electrons. The van der Waals surface area contributed by atoms with Crippen molar-refractivity contribution in [3.05, 3.63) is 60.4 Å². The number of alkyl carbamates (subject to hydrolysis) is 1. The van der Waals surface area contributed by atoms with Gasteiger partial charge in [0.15, 0.2) is 0 Å². The molecule has 17 heteroatoms.